The van der Waals surface area contributed by atoms with Crippen LogP contribution in [-0.4, -0.2) is 13.1 Å². The first-order valence-corrected chi connectivity index (χ1v) is 8.47. The molecule has 0 atom stereocenters. The zero-order valence-corrected chi connectivity index (χ0v) is 15.9. The van der Waals surface area contributed by atoms with E-state index in [9.17, 15) is 4.79 Å². The molecule has 0 aromatic heterocycles. The fourth-order valence-corrected chi connectivity index (χ4v) is 2.26. The molecular weight excluding hydrogens is 361 g/mol. The van der Waals surface area contributed by atoms with Crippen LogP contribution in [0.15, 0.2) is 48.2 Å². The lowest BCUT2D eigenvalue weighted by Gasteiger charge is -2.11. The highest BCUT2D eigenvalue weighted by Gasteiger charge is 2.09. The Bertz CT molecular complexity index is 745. The Hall–Kier alpha value is -2.17. The largest absolute Gasteiger partial charge is 0.488 e. The van der Waals surface area contributed by atoms with E-state index in [1.807, 2.05) is 32.0 Å². The summed E-state index contributed by atoms with van der Waals surface area (Å²) >= 11 is 12.0. The number of ether oxygens (including phenoxy) is 2. The Kier molecular flexibility index (Phi) is 8.89. The first kappa shape index (κ1) is 20.9. The summed E-state index contributed by atoms with van der Waals surface area (Å²) in [6.45, 7) is 4.31. The quantitative estimate of drug-likeness (QED) is 0.579. The van der Waals surface area contributed by atoms with Gasteiger partial charge in [-0.2, -0.15) is 0 Å². The van der Waals surface area contributed by atoms with Crippen LogP contribution < -0.4 is 10.5 Å². The number of esters is 1. The third-order valence-corrected chi connectivity index (χ3v) is 3.46. The molecule has 0 aliphatic carbocycles. The van der Waals surface area contributed by atoms with Gasteiger partial charge in [0.1, 0.15) is 18.1 Å². The molecule has 25 heavy (non-hydrogen) atoms. The zero-order valence-electron chi connectivity index (χ0n) is 14.4. The van der Waals surface area contributed by atoms with Crippen molar-refractivity contribution < 1.29 is 14.3 Å². The monoisotopic (exact) mass is 381 g/mol. The average Bonchev–Trinajstić information content (AvgIpc) is 2.62. The van der Waals surface area contributed by atoms with E-state index in [0.717, 1.165) is 5.56 Å². The van der Waals surface area contributed by atoms with E-state index in [-0.39, 0.29) is 5.70 Å². The second-order valence-electron chi connectivity index (χ2n) is 4.69. The normalized spacial score (nSPS) is 10.5. The molecule has 2 aromatic carbocycles. The molecule has 134 valence electrons. The highest BCUT2D eigenvalue weighted by atomic mass is 35.5. The van der Waals surface area contributed by atoms with Crippen LogP contribution in [0, 0.1) is 0 Å². The van der Waals surface area contributed by atoms with Crippen molar-refractivity contribution in [3.8, 4) is 5.75 Å². The minimum Gasteiger partial charge on any atom is -0.488 e. The topological polar surface area (TPSA) is 61.5 Å². The molecule has 0 bridgehead atoms. The second kappa shape index (κ2) is 10.6. The van der Waals surface area contributed by atoms with Gasteiger partial charge in [0.25, 0.3) is 0 Å². The first-order chi connectivity index (χ1) is 12.0. The fraction of sp³-hybridized carbons (Fsp3) is 0.211. The number of halogens is 2. The van der Waals surface area contributed by atoms with E-state index in [1.54, 1.807) is 24.3 Å². The molecule has 0 fully saturated rings. The maximum atomic E-state index is 11.4. The lowest BCUT2D eigenvalue weighted by molar-refractivity contribution is -0.136. The van der Waals surface area contributed by atoms with Gasteiger partial charge in [-0.25, -0.2) is 4.79 Å². The molecule has 0 aliphatic rings. The number of carbonyl (C=O) groups is 1. The summed E-state index contributed by atoms with van der Waals surface area (Å²) in [5.74, 6) is -0.106. The summed E-state index contributed by atoms with van der Waals surface area (Å²) in [6, 6.07) is 12.4. The van der Waals surface area contributed by atoms with Crippen LogP contribution >= 0.6 is 23.2 Å². The standard InChI is InChI=1S/C17H15Cl2NO3.C2H6/c1-22-17(21)15(20)8-12-5-6-14(19)9-16(12)23-10-11-3-2-4-13(18)7-11;1-2/h2-9H,10,20H2,1H3;1-2H3/b15-8-;. The SMILES string of the molecule is CC.COC(=O)/C(N)=C/c1ccc(Cl)cc1OCc1cccc(Cl)c1. The third-order valence-electron chi connectivity index (χ3n) is 2.99. The molecule has 2 aromatic rings. The van der Waals surface area contributed by atoms with Gasteiger partial charge in [-0.3, -0.25) is 0 Å². The summed E-state index contributed by atoms with van der Waals surface area (Å²) in [4.78, 5) is 11.4. The number of benzene rings is 2. The van der Waals surface area contributed by atoms with Crippen molar-refractivity contribution in [3.63, 3.8) is 0 Å². The van der Waals surface area contributed by atoms with E-state index in [2.05, 4.69) is 4.74 Å². The number of hydrogen-bond donors (Lipinski definition) is 1. The number of carbonyl (C=O) groups excluding carboxylic acids is 1. The Morgan fingerprint density at radius 3 is 2.44 bits per heavy atom. The number of hydrogen-bond acceptors (Lipinski definition) is 4. The van der Waals surface area contributed by atoms with Gasteiger partial charge in [0, 0.05) is 15.6 Å². The molecule has 0 radical (unpaired) electrons. The molecule has 0 heterocycles. The zero-order chi connectivity index (χ0) is 18.8. The minimum atomic E-state index is -0.610. The van der Waals surface area contributed by atoms with Gasteiger partial charge < -0.3 is 15.2 Å². The molecule has 0 amide bonds. The van der Waals surface area contributed by atoms with Crippen LogP contribution in [0.1, 0.15) is 25.0 Å². The van der Waals surface area contributed by atoms with Crippen molar-refractivity contribution in [2.45, 2.75) is 20.5 Å². The molecule has 0 unspecified atom stereocenters. The van der Waals surface area contributed by atoms with E-state index in [0.29, 0.717) is 28.0 Å². The number of methoxy groups -OCH3 is 1. The Morgan fingerprint density at radius 1 is 1.12 bits per heavy atom. The number of rotatable bonds is 5. The molecular formula is C19H21Cl2NO3. The maximum absolute atomic E-state index is 11.4. The van der Waals surface area contributed by atoms with Gasteiger partial charge in [0.05, 0.1) is 7.11 Å². The van der Waals surface area contributed by atoms with Gasteiger partial charge in [0.2, 0.25) is 0 Å². The maximum Gasteiger partial charge on any atom is 0.353 e. The number of nitrogens with two attached hydrogens (primary N) is 1. The first-order valence-electron chi connectivity index (χ1n) is 7.72. The molecule has 0 saturated carbocycles. The van der Waals surface area contributed by atoms with Crippen LogP contribution in [0.3, 0.4) is 0 Å². The van der Waals surface area contributed by atoms with Gasteiger partial charge in [0.15, 0.2) is 0 Å². The van der Waals surface area contributed by atoms with E-state index in [1.165, 1.54) is 13.2 Å². The van der Waals surface area contributed by atoms with Crippen molar-refractivity contribution in [2.75, 3.05) is 7.11 Å². The highest BCUT2D eigenvalue weighted by molar-refractivity contribution is 6.31. The van der Waals surface area contributed by atoms with Gasteiger partial charge >= 0.3 is 5.97 Å². The van der Waals surface area contributed by atoms with Crippen LogP contribution in [0.5, 0.6) is 5.75 Å². The Balaban J connectivity index is 0.00000151. The summed E-state index contributed by atoms with van der Waals surface area (Å²) in [5.41, 5.74) is 7.18. The highest BCUT2D eigenvalue weighted by Crippen LogP contribution is 2.26. The average molecular weight is 382 g/mol. The molecule has 0 saturated heterocycles. The van der Waals surface area contributed by atoms with E-state index >= 15 is 0 Å². The fourth-order valence-electron chi connectivity index (χ4n) is 1.88. The molecule has 2 rings (SSSR count). The molecule has 0 aliphatic heterocycles. The predicted molar refractivity (Wildman–Crippen MR) is 103 cm³/mol. The van der Waals surface area contributed by atoms with Gasteiger partial charge in [-0.05, 0) is 42.0 Å². The smallest absolute Gasteiger partial charge is 0.353 e. The summed E-state index contributed by atoms with van der Waals surface area (Å²) in [5, 5.41) is 1.15. The second-order valence-corrected chi connectivity index (χ2v) is 5.56. The summed E-state index contributed by atoms with van der Waals surface area (Å²) in [7, 11) is 1.27. The van der Waals surface area contributed by atoms with E-state index in [4.69, 9.17) is 33.7 Å². The van der Waals surface area contributed by atoms with Crippen molar-refractivity contribution >= 4 is 35.2 Å². The van der Waals surface area contributed by atoms with E-state index < -0.39 is 5.97 Å². The predicted octanol–water partition coefficient (Wildman–Crippen LogP) is 5.07. The molecule has 2 N–H and O–H groups in total. The van der Waals surface area contributed by atoms with Crippen molar-refractivity contribution in [1.82, 2.24) is 0 Å². The van der Waals surface area contributed by atoms with Crippen molar-refractivity contribution in [3.05, 3.63) is 69.3 Å². The third kappa shape index (κ3) is 6.69. The van der Waals surface area contributed by atoms with Crippen LogP contribution in [0.2, 0.25) is 10.0 Å². The molecule has 0 spiro atoms. The van der Waals surface area contributed by atoms with Crippen molar-refractivity contribution in [1.29, 1.82) is 0 Å². The minimum absolute atomic E-state index is 0.0255. The van der Waals surface area contributed by atoms with Gasteiger partial charge in [-0.1, -0.05) is 49.2 Å². The Morgan fingerprint density at radius 2 is 1.80 bits per heavy atom. The summed E-state index contributed by atoms with van der Waals surface area (Å²) < 4.78 is 10.4. The molecule has 6 heteroatoms. The van der Waals surface area contributed by atoms with Crippen LogP contribution in [-0.2, 0) is 16.1 Å². The van der Waals surface area contributed by atoms with Gasteiger partial charge in [-0.15, -0.1) is 0 Å². The molecule has 4 nitrogen and oxygen atoms in total. The Labute approximate surface area is 158 Å². The van der Waals surface area contributed by atoms with Crippen LogP contribution in [0.4, 0.5) is 0 Å². The summed E-state index contributed by atoms with van der Waals surface area (Å²) in [6.07, 6.45) is 1.48. The lowest BCUT2D eigenvalue weighted by Crippen LogP contribution is -2.12. The van der Waals surface area contributed by atoms with Crippen molar-refractivity contribution in [2.24, 2.45) is 5.73 Å². The lowest BCUT2D eigenvalue weighted by atomic mass is 10.1. The van der Waals surface area contributed by atoms with Crippen LogP contribution in [0.25, 0.3) is 6.08 Å².